The van der Waals surface area contributed by atoms with Gasteiger partial charge in [-0.2, -0.15) is 0 Å². The molecule has 0 saturated carbocycles. The number of anilines is 2. The van der Waals surface area contributed by atoms with Crippen LogP contribution in [0.2, 0.25) is 5.02 Å². The molecule has 0 bridgehead atoms. The summed E-state index contributed by atoms with van der Waals surface area (Å²) in [6, 6.07) is 3.33. The van der Waals surface area contributed by atoms with Gasteiger partial charge in [-0.3, -0.25) is 0 Å². The summed E-state index contributed by atoms with van der Waals surface area (Å²) in [5, 5.41) is 9.75. The zero-order valence-electron chi connectivity index (χ0n) is 11.8. The van der Waals surface area contributed by atoms with Crippen LogP contribution in [-0.2, 0) is 0 Å². The van der Waals surface area contributed by atoms with Crippen LogP contribution < -0.4 is 10.6 Å². The van der Waals surface area contributed by atoms with Gasteiger partial charge in [-0.25, -0.2) is 4.79 Å². The number of nitrogen functional groups attached to an aromatic ring is 1. The van der Waals surface area contributed by atoms with E-state index in [1.165, 1.54) is 6.07 Å². The summed E-state index contributed by atoms with van der Waals surface area (Å²) in [5.74, 6) is -1.01. The van der Waals surface area contributed by atoms with Crippen molar-refractivity contribution in [3.05, 3.63) is 22.7 Å². The Labute approximate surface area is 123 Å². The van der Waals surface area contributed by atoms with Gasteiger partial charge in [0.2, 0.25) is 0 Å². The fourth-order valence-electron chi connectivity index (χ4n) is 2.78. The molecule has 6 heteroatoms. The number of rotatable bonds is 3. The Morgan fingerprint density at radius 1 is 1.55 bits per heavy atom. The number of aromatic carboxylic acids is 1. The molecule has 20 heavy (non-hydrogen) atoms. The van der Waals surface area contributed by atoms with Crippen LogP contribution in [0.15, 0.2) is 12.1 Å². The van der Waals surface area contributed by atoms with Gasteiger partial charge < -0.3 is 20.6 Å². The van der Waals surface area contributed by atoms with Crippen LogP contribution in [0.25, 0.3) is 0 Å². The Balaban J connectivity index is 2.38. The molecule has 3 N–H and O–H groups in total. The van der Waals surface area contributed by atoms with Crippen molar-refractivity contribution in [2.45, 2.75) is 18.9 Å². The second-order valence-electron chi connectivity index (χ2n) is 5.37. The van der Waals surface area contributed by atoms with Crippen LogP contribution >= 0.6 is 11.6 Å². The molecule has 1 aliphatic rings. The van der Waals surface area contributed by atoms with Crippen LogP contribution in [0.5, 0.6) is 0 Å². The number of hydrogen-bond acceptors (Lipinski definition) is 4. The first-order valence-electron chi connectivity index (χ1n) is 6.64. The molecule has 1 atom stereocenters. The molecule has 1 heterocycles. The molecule has 0 amide bonds. The van der Waals surface area contributed by atoms with E-state index in [0.29, 0.717) is 16.4 Å². The number of likely N-dealkylation sites (tertiary alicyclic amines) is 1. The van der Waals surface area contributed by atoms with Gasteiger partial charge in [0.05, 0.1) is 16.3 Å². The van der Waals surface area contributed by atoms with E-state index in [1.54, 1.807) is 6.07 Å². The van der Waals surface area contributed by atoms with Crippen LogP contribution in [-0.4, -0.2) is 49.2 Å². The lowest BCUT2D eigenvalue weighted by atomic mass is 10.0. The van der Waals surface area contributed by atoms with Crippen molar-refractivity contribution < 1.29 is 9.90 Å². The normalized spacial score (nSPS) is 19.9. The quantitative estimate of drug-likeness (QED) is 0.837. The van der Waals surface area contributed by atoms with E-state index in [0.717, 1.165) is 25.9 Å². The summed E-state index contributed by atoms with van der Waals surface area (Å²) >= 11 is 6.23. The topological polar surface area (TPSA) is 69.8 Å². The average molecular weight is 298 g/mol. The molecule has 0 radical (unpaired) electrons. The number of likely N-dealkylation sites (N-methyl/N-ethyl adjacent to an activating group) is 2. The number of nitrogens with zero attached hydrogens (tertiary/aromatic N) is 2. The minimum Gasteiger partial charge on any atom is -0.478 e. The third-order valence-corrected chi connectivity index (χ3v) is 4.10. The number of hydrogen-bond donors (Lipinski definition) is 2. The maximum atomic E-state index is 11.4. The Bertz CT molecular complexity index is 521. The summed E-state index contributed by atoms with van der Waals surface area (Å²) < 4.78 is 0. The van der Waals surface area contributed by atoms with Crippen LogP contribution in [0.4, 0.5) is 11.4 Å². The fraction of sp³-hybridized carbons (Fsp3) is 0.500. The van der Waals surface area contributed by atoms with E-state index in [9.17, 15) is 9.90 Å². The van der Waals surface area contributed by atoms with Crippen molar-refractivity contribution in [1.29, 1.82) is 0 Å². The number of halogens is 1. The number of piperidine rings is 1. The van der Waals surface area contributed by atoms with E-state index < -0.39 is 5.97 Å². The predicted molar refractivity (Wildman–Crippen MR) is 81.7 cm³/mol. The molecular formula is C14H20ClN3O2. The van der Waals surface area contributed by atoms with E-state index in [2.05, 4.69) is 11.9 Å². The van der Waals surface area contributed by atoms with Gasteiger partial charge in [0.1, 0.15) is 0 Å². The second kappa shape index (κ2) is 5.89. The monoisotopic (exact) mass is 297 g/mol. The molecular weight excluding hydrogens is 278 g/mol. The molecule has 1 aliphatic heterocycles. The molecule has 1 aromatic rings. The largest absolute Gasteiger partial charge is 0.478 e. The Kier molecular flexibility index (Phi) is 4.40. The van der Waals surface area contributed by atoms with Crippen LogP contribution in [0, 0.1) is 0 Å². The molecule has 0 aliphatic carbocycles. The van der Waals surface area contributed by atoms with Crippen molar-refractivity contribution in [3.8, 4) is 0 Å². The minimum atomic E-state index is -1.01. The minimum absolute atomic E-state index is 0.158. The standard InChI is InChI=1S/C14H20ClN3O2/c1-17-5-3-4-10(8-17)18(2)13-11(14(19)20)6-9(16)7-12(13)15/h6-7,10H,3-5,8,16H2,1-2H3,(H,19,20). The van der Waals surface area contributed by atoms with Crippen molar-refractivity contribution in [3.63, 3.8) is 0 Å². The lowest BCUT2D eigenvalue weighted by Gasteiger charge is -2.38. The van der Waals surface area contributed by atoms with Gasteiger partial charge >= 0.3 is 5.97 Å². The lowest BCUT2D eigenvalue weighted by molar-refractivity contribution is 0.0697. The Morgan fingerprint density at radius 2 is 2.25 bits per heavy atom. The maximum Gasteiger partial charge on any atom is 0.337 e. The van der Waals surface area contributed by atoms with Gasteiger partial charge in [-0.05, 0) is 38.6 Å². The number of benzene rings is 1. The molecule has 1 unspecified atom stereocenters. The van der Waals surface area contributed by atoms with E-state index in [4.69, 9.17) is 17.3 Å². The molecule has 110 valence electrons. The molecule has 0 aromatic heterocycles. The number of carboxylic acids is 1. The Hall–Kier alpha value is -1.46. The highest BCUT2D eigenvalue weighted by Crippen LogP contribution is 2.34. The van der Waals surface area contributed by atoms with Gasteiger partial charge in [-0.1, -0.05) is 11.6 Å². The first kappa shape index (κ1) is 14.9. The third kappa shape index (κ3) is 2.99. The second-order valence-corrected chi connectivity index (χ2v) is 5.78. The number of carbonyl (C=O) groups is 1. The van der Waals surface area contributed by atoms with Gasteiger partial charge in [0, 0.05) is 25.3 Å². The molecule has 2 rings (SSSR count). The summed E-state index contributed by atoms with van der Waals surface area (Å²) in [5.41, 5.74) is 6.77. The smallest absolute Gasteiger partial charge is 0.337 e. The number of nitrogens with two attached hydrogens (primary N) is 1. The third-order valence-electron chi connectivity index (χ3n) is 3.82. The highest BCUT2D eigenvalue weighted by Gasteiger charge is 2.26. The molecule has 1 aromatic carbocycles. The summed E-state index contributed by atoms with van der Waals surface area (Å²) in [6.07, 6.45) is 2.13. The zero-order valence-corrected chi connectivity index (χ0v) is 12.5. The number of carboxylic acid groups (broad SMARTS) is 1. The Morgan fingerprint density at radius 3 is 2.85 bits per heavy atom. The summed E-state index contributed by atoms with van der Waals surface area (Å²) in [6.45, 7) is 1.97. The summed E-state index contributed by atoms with van der Waals surface area (Å²) in [7, 11) is 3.97. The highest BCUT2D eigenvalue weighted by atomic mass is 35.5. The van der Waals surface area contributed by atoms with Gasteiger partial charge in [0.15, 0.2) is 0 Å². The predicted octanol–water partition coefficient (Wildman–Crippen LogP) is 2.15. The van der Waals surface area contributed by atoms with E-state index >= 15 is 0 Å². The van der Waals surface area contributed by atoms with Crippen molar-refractivity contribution in [2.24, 2.45) is 0 Å². The lowest BCUT2D eigenvalue weighted by Crippen LogP contribution is -2.45. The van der Waals surface area contributed by atoms with Crippen molar-refractivity contribution in [1.82, 2.24) is 4.90 Å². The first-order chi connectivity index (χ1) is 9.40. The van der Waals surface area contributed by atoms with Crippen LogP contribution in [0.3, 0.4) is 0 Å². The average Bonchev–Trinajstić information content (AvgIpc) is 2.37. The molecule has 1 fully saturated rings. The zero-order chi connectivity index (χ0) is 14.9. The molecule has 1 saturated heterocycles. The summed E-state index contributed by atoms with van der Waals surface area (Å²) in [4.78, 5) is 15.6. The van der Waals surface area contributed by atoms with Gasteiger partial charge in [0.25, 0.3) is 0 Å². The first-order valence-corrected chi connectivity index (χ1v) is 7.01. The highest BCUT2D eigenvalue weighted by molar-refractivity contribution is 6.34. The maximum absolute atomic E-state index is 11.4. The van der Waals surface area contributed by atoms with E-state index in [1.807, 2.05) is 11.9 Å². The van der Waals surface area contributed by atoms with Crippen LogP contribution in [0.1, 0.15) is 23.2 Å². The SMILES string of the molecule is CN1CCCC(N(C)c2c(Cl)cc(N)cc2C(=O)O)C1. The van der Waals surface area contributed by atoms with Crippen molar-refractivity contribution in [2.75, 3.05) is 37.8 Å². The van der Waals surface area contributed by atoms with E-state index in [-0.39, 0.29) is 11.6 Å². The van der Waals surface area contributed by atoms with Gasteiger partial charge in [-0.15, -0.1) is 0 Å². The van der Waals surface area contributed by atoms with Crippen molar-refractivity contribution >= 4 is 28.9 Å². The molecule has 5 nitrogen and oxygen atoms in total. The molecule has 0 spiro atoms. The fourth-order valence-corrected chi connectivity index (χ4v) is 3.14.